The smallest absolute Gasteiger partial charge is 0.308 e. The van der Waals surface area contributed by atoms with Gasteiger partial charge in [-0.15, -0.1) is 0 Å². The highest BCUT2D eigenvalue weighted by atomic mass is 19.1. The molecule has 1 aromatic heterocycles. The maximum absolute atomic E-state index is 14.7. The Hall–Kier alpha value is -4.28. The lowest BCUT2D eigenvalue weighted by molar-refractivity contribution is -0.145. The summed E-state index contributed by atoms with van der Waals surface area (Å²) in [7, 11) is 1.21. The quantitative estimate of drug-likeness (QED) is 0.506. The Balaban J connectivity index is 1.91. The van der Waals surface area contributed by atoms with Gasteiger partial charge in [0.1, 0.15) is 17.7 Å². The van der Waals surface area contributed by atoms with Crippen molar-refractivity contribution in [2.45, 2.75) is 32.9 Å². The number of ether oxygens (including phenoxy) is 1. The third kappa shape index (κ3) is 4.64. The standard InChI is InChI=1S/C25H26FN5O5/c1-4-30-22-17(25(35)31-10-9-27-24(34)20(31)13-21(33)36-3)11-15(28-14(2)32)12-19(22)29-23(30)16-7-5-6-8-18(16)26/h5-8,11-12,20H,4,9-10,13H2,1-3H3,(H,27,34)(H,28,32). The number of nitrogens with zero attached hydrogens (tertiary/aromatic N) is 3. The number of anilines is 1. The Morgan fingerprint density at radius 3 is 2.67 bits per heavy atom. The summed E-state index contributed by atoms with van der Waals surface area (Å²) in [6, 6.07) is 8.24. The third-order valence-corrected chi connectivity index (χ3v) is 6.00. The van der Waals surface area contributed by atoms with Crippen LogP contribution in [0, 0.1) is 5.82 Å². The molecule has 1 unspecified atom stereocenters. The first-order valence-electron chi connectivity index (χ1n) is 11.5. The van der Waals surface area contributed by atoms with Gasteiger partial charge >= 0.3 is 5.97 Å². The van der Waals surface area contributed by atoms with Gasteiger partial charge in [-0.3, -0.25) is 19.2 Å². The van der Waals surface area contributed by atoms with Crippen molar-refractivity contribution in [3.05, 3.63) is 47.8 Å². The van der Waals surface area contributed by atoms with Crippen LogP contribution < -0.4 is 10.6 Å². The normalized spacial score (nSPS) is 15.5. The highest BCUT2D eigenvalue weighted by molar-refractivity contribution is 6.09. The Kier molecular flexibility index (Phi) is 7.00. The molecule has 0 spiro atoms. The van der Waals surface area contributed by atoms with Crippen molar-refractivity contribution in [3.63, 3.8) is 0 Å². The molecule has 11 heteroatoms. The lowest BCUT2D eigenvalue weighted by Crippen LogP contribution is -2.57. The summed E-state index contributed by atoms with van der Waals surface area (Å²) in [6.45, 7) is 3.92. The largest absolute Gasteiger partial charge is 0.469 e. The van der Waals surface area contributed by atoms with E-state index in [1.54, 1.807) is 28.8 Å². The number of halogens is 1. The number of aryl methyl sites for hydroxylation is 1. The summed E-state index contributed by atoms with van der Waals surface area (Å²) in [4.78, 5) is 56.2. The topological polar surface area (TPSA) is 123 Å². The van der Waals surface area contributed by atoms with Gasteiger partial charge in [-0.1, -0.05) is 12.1 Å². The van der Waals surface area contributed by atoms with Gasteiger partial charge in [-0.25, -0.2) is 9.37 Å². The number of nitrogens with one attached hydrogen (secondary N) is 2. The predicted molar refractivity (Wildman–Crippen MR) is 130 cm³/mol. The molecule has 4 rings (SSSR count). The number of esters is 1. The number of fused-ring (bicyclic) bond motifs is 1. The van der Waals surface area contributed by atoms with E-state index in [0.717, 1.165) is 0 Å². The van der Waals surface area contributed by atoms with Gasteiger partial charge in [0.25, 0.3) is 5.91 Å². The van der Waals surface area contributed by atoms with Crippen LogP contribution in [0.2, 0.25) is 0 Å². The van der Waals surface area contributed by atoms with E-state index < -0.39 is 29.6 Å². The summed E-state index contributed by atoms with van der Waals surface area (Å²) in [6.07, 6.45) is -0.309. The van der Waals surface area contributed by atoms with Crippen molar-refractivity contribution in [1.82, 2.24) is 19.8 Å². The fourth-order valence-electron chi connectivity index (χ4n) is 4.42. The van der Waals surface area contributed by atoms with Gasteiger partial charge < -0.3 is 24.8 Å². The first-order chi connectivity index (χ1) is 17.2. The molecule has 0 aliphatic carbocycles. The fourth-order valence-corrected chi connectivity index (χ4v) is 4.42. The van der Waals surface area contributed by atoms with E-state index in [1.165, 1.54) is 31.1 Å². The van der Waals surface area contributed by atoms with Crippen LogP contribution in [0.4, 0.5) is 10.1 Å². The summed E-state index contributed by atoms with van der Waals surface area (Å²) in [5.41, 5.74) is 1.55. The highest BCUT2D eigenvalue weighted by Crippen LogP contribution is 2.32. The van der Waals surface area contributed by atoms with Crippen molar-refractivity contribution < 1.29 is 28.3 Å². The van der Waals surface area contributed by atoms with Crippen molar-refractivity contribution in [2.24, 2.45) is 0 Å². The number of methoxy groups -OCH3 is 1. The molecule has 0 saturated carbocycles. The molecular formula is C25H26FN5O5. The zero-order valence-corrected chi connectivity index (χ0v) is 20.1. The van der Waals surface area contributed by atoms with Crippen LogP contribution in [0.5, 0.6) is 0 Å². The van der Waals surface area contributed by atoms with E-state index in [9.17, 15) is 23.6 Å². The maximum Gasteiger partial charge on any atom is 0.308 e. The summed E-state index contributed by atoms with van der Waals surface area (Å²) < 4.78 is 21.1. The van der Waals surface area contributed by atoms with Gasteiger partial charge in [-0.2, -0.15) is 0 Å². The van der Waals surface area contributed by atoms with Gasteiger partial charge in [0, 0.05) is 32.2 Å². The van der Waals surface area contributed by atoms with E-state index in [0.29, 0.717) is 29.1 Å². The lowest BCUT2D eigenvalue weighted by atomic mass is 10.0. The van der Waals surface area contributed by atoms with Crippen molar-refractivity contribution in [1.29, 1.82) is 0 Å². The Bertz CT molecular complexity index is 1370. The molecule has 0 bridgehead atoms. The molecule has 0 radical (unpaired) electrons. The maximum atomic E-state index is 14.7. The fraction of sp³-hybridized carbons (Fsp3) is 0.320. The Morgan fingerprint density at radius 2 is 2.00 bits per heavy atom. The van der Waals surface area contributed by atoms with Gasteiger partial charge in [0.2, 0.25) is 11.8 Å². The number of carbonyl (C=O) groups is 4. The zero-order valence-electron chi connectivity index (χ0n) is 20.1. The Labute approximate surface area is 206 Å². The molecule has 1 atom stereocenters. The molecule has 10 nitrogen and oxygen atoms in total. The molecule has 1 aliphatic rings. The van der Waals surface area contributed by atoms with E-state index in [-0.39, 0.29) is 36.5 Å². The SMILES string of the molecule is CCn1c(-c2ccccc2F)nc2cc(NC(C)=O)cc(C(=O)N3CCNC(=O)C3CC(=O)OC)c21. The van der Waals surface area contributed by atoms with Crippen LogP contribution in [0.1, 0.15) is 30.6 Å². The molecule has 2 aromatic carbocycles. The number of hydrogen-bond acceptors (Lipinski definition) is 6. The van der Waals surface area contributed by atoms with E-state index in [1.807, 2.05) is 6.92 Å². The lowest BCUT2D eigenvalue weighted by Gasteiger charge is -2.34. The molecule has 36 heavy (non-hydrogen) atoms. The monoisotopic (exact) mass is 495 g/mol. The van der Waals surface area contributed by atoms with Crippen molar-refractivity contribution in [2.75, 3.05) is 25.5 Å². The number of aromatic nitrogens is 2. The molecule has 3 aromatic rings. The van der Waals surface area contributed by atoms with Gasteiger partial charge in [-0.05, 0) is 31.2 Å². The minimum atomic E-state index is -1.07. The van der Waals surface area contributed by atoms with Crippen LogP contribution in [-0.2, 0) is 25.7 Å². The minimum Gasteiger partial charge on any atom is -0.469 e. The average molecular weight is 496 g/mol. The van der Waals surface area contributed by atoms with Crippen molar-refractivity contribution in [3.8, 4) is 11.4 Å². The summed E-state index contributed by atoms with van der Waals surface area (Å²) >= 11 is 0. The number of rotatable bonds is 6. The van der Waals surface area contributed by atoms with Crippen LogP contribution in [-0.4, -0.2) is 64.4 Å². The number of amides is 3. The first kappa shape index (κ1) is 24.8. The molecule has 2 heterocycles. The molecule has 188 valence electrons. The van der Waals surface area contributed by atoms with E-state index >= 15 is 0 Å². The molecule has 1 saturated heterocycles. The van der Waals surface area contributed by atoms with Crippen LogP contribution in [0.3, 0.4) is 0 Å². The van der Waals surface area contributed by atoms with E-state index in [4.69, 9.17) is 4.74 Å². The number of benzene rings is 2. The average Bonchev–Trinajstić information content (AvgIpc) is 3.22. The number of hydrogen-bond donors (Lipinski definition) is 2. The van der Waals surface area contributed by atoms with Crippen LogP contribution >= 0.6 is 0 Å². The number of imidazole rings is 1. The van der Waals surface area contributed by atoms with Crippen LogP contribution in [0.25, 0.3) is 22.4 Å². The third-order valence-electron chi connectivity index (χ3n) is 6.00. The molecule has 1 aliphatic heterocycles. The predicted octanol–water partition coefficient (Wildman–Crippen LogP) is 2.32. The molecule has 3 amide bonds. The van der Waals surface area contributed by atoms with Crippen molar-refractivity contribution >= 4 is 40.4 Å². The van der Waals surface area contributed by atoms with E-state index in [2.05, 4.69) is 15.6 Å². The second-order valence-electron chi connectivity index (χ2n) is 8.32. The first-order valence-corrected chi connectivity index (χ1v) is 11.5. The second kappa shape index (κ2) is 10.1. The van der Waals surface area contributed by atoms with Gasteiger partial charge in [0.15, 0.2) is 0 Å². The molecule has 2 N–H and O–H groups in total. The minimum absolute atomic E-state index is 0.165. The number of piperazine rings is 1. The zero-order chi connectivity index (χ0) is 26.0. The highest BCUT2D eigenvalue weighted by Gasteiger charge is 2.37. The van der Waals surface area contributed by atoms with Gasteiger partial charge in [0.05, 0.1) is 35.7 Å². The summed E-state index contributed by atoms with van der Waals surface area (Å²) in [5, 5.41) is 5.34. The molecular weight excluding hydrogens is 469 g/mol. The van der Waals surface area contributed by atoms with Crippen LogP contribution in [0.15, 0.2) is 36.4 Å². The number of carbonyl (C=O) groups excluding carboxylic acids is 4. The summed E-state index contributed by atoms with van der Waals surface area (Å²) in [5.74, 6) is -2.12. The second-order valence-corrected chi connectivity index (χ2v) is 8.32. The molecule has 1 fully saturated rings. The Morgan fingerprint density at radius 1 is 1.25 bits per heavy atom.